The summed E-state index contributed by atoms with van der Waals surface area (Å²) in [6.45, 7) is 4.71. The Labute approximate surface area is 248 Å². The predicted octanol–water partition coefficient (Wildman–Crippen LogP) is 11.4. The van der Waals surface area contributed by atoms with E-state index in [9.17, 15) is 0 Å². The molecule has 1 aliphatic carbocycles. The second kappa shape index (κ2) is 8.61. The molecule has 2 heterocycles. The number of nitrogens with zero attached hydrogens (tertiary/aromatic N) is 1. The number of hydrogen-bond acceptors (Lipinski definition) is 2. The Balaban J connectivity index is 1.25. The Morgan fingerprint density at radius 1 is 0.524 bits per heavy atom. The smallest absolute Gasteiger partial charge is 0.0440 e. The zero-order valence-electron chi connectivity index (χ0n) is 23.5. The van der Waals surface area contributed by atoms with E-state index < -0.39 is 0 Å². The van der Waals surface area contributed by atoms with Crippen molar-refractivity contribution >= 4 is 53.1 Å². The molecule has 0 amide bonds. The van der Waals surface area contributed by atoms with Crippen LogP contribution in [-0.2, 0) is 5.41 Å². The van der Waals surface area contributed by atoms with Crippen molar-refractivity contribution in [2.75, 3.05) is 0 Å². The molecule has 0 spiro atoms. The molecule has 0 N–H and O–H groups in total. The SMILES string of the molecule is CC1(C)c2ccccc2-c2ccc(-c3ccc4c(c3)sc3c5ccc(-c6cccnc6)cc5c5ccccc5c43)cc21. The minimum Gasteiger partial charge on any atom is -0.264 e. The Morgan fingerprint density at radius 2 is 1.24 bits per heavy atom. The van der Waals surface area contributed by atoms with E-state index in [2.05, 4.69) is 128 Å². The molecule has 6 aromatic carbocycles. The summed E-state index contributed by atoms with van der Waals surface area (Å²) in [6.07, 6.45) is 3.78. The van der Waals surface area contributed by atoms with Gasteiger partial charge in [-0.2, -0.15) is 0 Å². The van der Waals surface area contributed by atoms with Crippen molar-refractivity contribution in [2.45, 2.75) is 19.3 Å². The van der Waals surface area contributed by atoms with Gasteiger partial charge in [0.15, 0.2) is 0 Å². The lowest BCUT2D eigenvalue weighted by Gasteiger charge is -2.22. The van der Waals surface area contributed by atoms with Crippen molar-refractivity contribution in [3.63, 3.8) is 0 Å². The molecular formula is C40H27NS. The largest absolute Gasteiger partial charge is 0.264 e. The van der Waals surface area contributed by atoms with Crippen LogP contribution in [-0.4, -0.2) is 4.98 Å². The minimum atomic E-state index is -0.00382. The van der Waals surface area contributed by atoms with Crippen molar-refractivity contribution in [2.24, 2.45) is 0 Å². The van der Waals surface area contributed by atoms with Crippen LogP contribution in [0, 0.1) is 0 Å². The van der Waals surface area contributed by atoms with E-state index in [1.807, 2.05) is 29.8 Å². The number of hydrogen-bond donors (Lipinski definition) is 0. The van der Waals surface area contributed by atoms with E-state index in [4.69, 9.17) is 0 Å². The molecule has 1 nitrogen and oxygen atoms in total. The van der Waals surface area contributed by atoms with Gasteiger partial charge in [0.1, 0.15) is 0 Å². The van der Waals surface area contributed by atoms with Gasteiger partial charge in [0.25, 0.3) is 0 Å². The third kappa shape index (κ3) is 3.27. The summed E-state index contributed by atoms with van der Waals surface area (Å²) in [5.74, 6) is 0. The highest BCUT2D eigenvalue weighted by Gasteiger charge is 2.35. The molecule has 2 heteroatoms. The highest BCUT2D eigenvalue weighted by molar-refractivity contribution is 7.27. The average Bonchev–Trinajstić information content (AvgIpc) is 3.54. The zero-order chi connectivity index (χ0) is 28.0. The Kier molecular flexibility index (Phi) is 4.89. The van der Waals surface area contributed by atoms with Crippen LogP contribution in [0.3, 0.4) is 0 Å². The maximum absolute atomic E-state index is 4.35. The molecule has 0 bridgehead atoms. The third-order valence-electron chi connectivity index (χ3n) is 9.35. The van der Waals surface area contributed by atoms with Crippen LogP contribution >= 0.6 is 11.3 Å². The van der Waals surface area contributed by atoms with Crippen molar-refractivity contribution in [1.29, 1.82) is 0 Å². The molecule has 0 radical (unpaired) electrons. The summed E-state index contributed by atoms with van der Waals surface area (Å²) in [5, 5.41) is 7.93. The van der Waals surface area contributed by atoms with Crippen LogP contribution in [0.25, 0.3) is 75.1 Å². The fraction of sp³-hybridized carbons (Fsp3) is 0.0750. The molecule has 198 valence electrons. The maximum atomic E-state index is 4.35. The molecule has 0 saturated carbocycles. The molecule has 0 unspecified atom stereocenters. The number of benzene rings is 6. The summed E-state index contributed by atoms with van der Waals surface area (Å²) in [4.78, 5) is 4.35. The Bertz CT molecular complexity index is 2380. The van der Waals surface area contributed by atoms with E-state index in [-0.39, 0.29) is 5.41 Å². The molecule has 9 rings (SSSR count). The highest BCUT2D eigenvalue weighted by Crippen LogP contribution is 2.50. The minimum absolute atomic E-state index is 0.00382. The zero-order valence-corrected chi connectivity index (χ0v) is 24.3. The average molecular weight is 554 g/mol. The summed E-state index contributed by atoms with van der Waals surface area (Å²) in [5.41, 5.74) is 10.5. The maximum Gasteiger partial charge on any atom is 0.0440 e. The molecule has 0 saturated heterocycles. The van der Waals surface area contributed by atoms with Gasteiger partial charge in [0, 0.05) is 48.9 Å². The summed E-state index contributed by atoms with van der Waals surface area (Å²) >= 11 is 1.92. The summed E-state index contributed by atoms with van der Waals surface area (Å²) in [7, 11) is 0. The van der Waals surface area contributed by atoms with Gasteiger partial charge in [-0.25, -0.2) is 0 Å². The number of thiophene rings is 1. The van der Waals surface area contributed by atoms with Crippen LogP contribution < -0.4 is 0 Å². The fourth-order valence-electron chi connectivity index (χ4n) is 7.23. The van der Waals surface area contributed by atoms with Crippen molar-refractivity contribution in [1.82, 2.24) is 4.98 Å². The van der Waals surface area contributed by atoms with Gasteiger partial charge in [-0.15, -0.1) is 11.3 Å². The topological polar surface area (TPSA) is 12.9 Å². The lowest BCUT2D eigenvalue weighted by atomic mass is 9.81. The number of rotatable bonds is 2. The van der Waals surface area contributed by atoms with E-state index in [0.717, 1.165) is 5.56 Å². The third-order valence-corrected chi connectivity index (χ3v) is 10.5. The van der Waals surface area contributed by atoms with Crippen LogP contribution in [0.5, 0.6) is 0 Å². The first-order valence-electron chi connectivity index (χ1n) is 14.5. The van der Waals surface area contributed by atoms with Gasteiger partial charge in [0.2, 0.25) is 0 Å². The molecule has 0 fully saturated rings. The van der Waals surface area contributed by atoms with Crippen LogP contribution in [0.2, 0.25) is 0 Å². The number of pyridine rings is 1. The normalized spacial score (nSPS) is 13.7. The van der Waals surface area contributed by atoms with Gasteiger partial charge in [-0.3, -0.25) is 4.98 Å². The lowest BCUT2D eigenvalue weighted by molar-refractivity contribution is 0.660. The van der Waals surface area contributed by atoms with Crippen LogP contribution in [0.1, 0.15) is 25.0 Å². The van der Waals surface area contributed by atoms with Gasteiger partial charge < -0.3 is 0 Å². The lowest BCUT2D eigenvalue weighted by Crippen LogP contribution is -2.14. The van der Waals surface area contributed by atoms with E-state index in [0.29, 0.717) is 0 Å². The molecule has 0 aliphatic heterocycles. The van der Waals surface area contributed by atoms with E-state index in [1.54, 1.807) is 0 Å². The molecule has 0 atom stereocenters. The fourth-order valence-corrected chi connectivity index (χ4v) is 8.53. The molecular weight excluding hydrogens is 527 g/mol. The quantitative estimate of drug-likeness (QED) is 0.194. The molecule has 2 aromatic heterocycles. The summed E-state index contributed by atoms with van der Waals surface area (Å²) in [6, 6.07) is 42.9. The van der Waals surface area contributed by atoms with Gasteiger partial charge in [-0.05, 0) is 79.4 Å². The van der Waals surface area contributed by atoms with Gasteiger partial charge >= 0.3 is 0 Å². The first-order valence-corrected chi connectivity index (χ1v) is 15.4. The van der Waals surface area contributed by atoms with Crippen molar-refractivity contribution in [3.8, 4) is 33.4 Å². The molecule has 1 aliphatic rings. The summed E-state index contributed by atoms with van der Waals surface area (Å²) < 4.78 is 2.69. The second-order valence-corrected chi connectivity index (χ2v) is 13.0. The molecule has 42 heavy (non-hydrogen) atoms. The van der Waals surface area contributed by atoms with E-state index in [1.165, 1.54) is 80.7 Å². The standard InChI is InChI=1S/C40H27NS/c1-40(2)35-12-6-5-10-29(35)30-16-13-25(21-36(30)40)26-15-18-33-37(22-26)42-39-32-17-14-24(27-8-7-19-41-23-27)20-34(32)28-9-3-4-11-31(28)38(33)39/h3-23H,1-2H3. The first kappa shape index (κ1) is 23.9. The Morgan fingerprint density at radius 3 is 2.10 bits per heavy atom. The molecule has 8 aromatic rings. The van der Waals surface area contributed by atoms with Crippen LogP contribution in [0.15, 0.2) is 128 Å². The van der Waals surface area contributed by atoms with Crippen molar-refractivity contribution < 1.29 is 0 Å². The van der Waals surface area contributed by atoms with Crippen LogP contribution in [0.4, 0.5) is 0 Å². The number of aromatic nitrogens is 1. The Hall–Kier alpha value is -4.79. The monoisotopic (exact) mass is 553 g/mol. The second-order valence-electron chi connectivity index (χ2n) is 12.0. The first-order chi connectivity index (χ1) is 20.6. The van der Waals surface area contributed by atoms with Crippen molar-refractivity contribution in [3.05, 3.63) is 139 Å². The van der Waals surface area contributed by atoms with Gasteiger partial charge in [-0.1, -0.05) is 105 Å². The van der Waals surface area contributed by atoms with E-state index >= 15 is 0 Å². The number of fused-ring (bicyclic) bond motifs is 11. The highest BCUT2D eigenvalue weighted by atomic mass is 32.1. The predicted molar refractivity (Wildman–Crippen MR) is 181 cm³/mol. The van der Waals surface area contributed by atoms with Gasteiger partial charge in [0.05, 0.1) is 0 Å².